The highest BCUT2D eigenvalue weighted by atomic mass is 32.1. The summed E-state index contributed by atoms with van der Waals surface area (Å²) >= 11 is 1.56. The van der Waals surface area contributed by atoms with Crippen LogP contribution < -0.4 is 0 Å². The van der Waals surface area contributed by atoms with Crippen LogP contribution in [0.4, 0.5) is 8.78 Å². The monoisotopic (exact) mass is 273 g/mol. The first-order valence-electron chi connectivity index (χ1n) is 5.71. The van der Waals surface area contributed by atoms with E-state index < -0.39 is 11.6 Å². The van der Waals surface area contributed by atoms with Crippen molar-refractivity contribution in [3.8, 4) is 0 Å². The van der Waals surface area contributed by atoms with E-state index >= 15 is 0 Å². The maximum atomic E-state index is 13.1. The van der Waals surface area contributed by atoms with E-state index in [0.717, 1.165) is 21.3 Å². The van der Waals surface area contributed by atoms with Crippen LogP contribution in [0.25, 0.3) is 22.4 Å². The van der Waals surface area contributed by atoms with Gasteiger partial charge in [-0.3, -0.25) is 0 Å². The first-order valence-corrected chi connectivity index (χ1v) is 6.53. The zero-order chi connectivity index (χ0) is 13.2. The minimum atomic E-state index is -0.841. The van der Waals surface area contributed by atoms with Gasteiger partial charge in [0.15, 0.2) is 11.6 Å². The molecule has 0 aliphatic rings. The molecule has 0 saturated heterocycles. The summed E-state index contributed by atoms with van der Waals surface area (Å²) < 4.78 is 26.9. The van der Waals surface area contributed by atoms with Gasteiger partial charge in [-0.05, 0) is 35.9 Å². The highest BCUT2D eigenvalue weighted by Gasteiger charge is 2.01. The smallest absolute Gasteiger partial charge is 0.159 e. The number of nitrogens with zero attached hydrogens (tertiary/aromatic N) is 1. The fraction of sp³-hybridized carbons (Fsp3) is 0. The van der Waals surface area contributed by atoms with E-state index in [0.29, 0.717) is 5.56 Å². The second-order valence-corrected chi connectivity index (χ2v) is 5.09. The van der Waals surface area contributed by atoms with Crippen LogP contribution in [0, 0.1) is 11.6 Å². The molecular formula is C15H9F2NS. The molecule has 94 valence electrons. The molecule has 1 nitrogen and oxygen atoms in total. The number of hydrogen-bond acceptors (Lipinski definition) is 2. The van der Waals surface area contributed by atoms with Crippen LogP contribution in [-0.4, -0.2) is 4.98 Å². The zero-order valence-corrected chi connectivity index (χ0v) is 10.6. The molecule has 0 radical (unpaired) electrons. The van der Waals surface area contributed by atoms with Crippen LogP contribution in [0.1, 0.15) is 10.6 Å². The average Bonchev–Trinajstić information content (AvgIpc) is 2.83. The van der Waals surface area contributed by atoms with E-state index in [1.165, 1.54) is 12.1 Å². The zero-order valence-electron chi connectivity index (χ0n) is 9.81. The Bertz CT molecular complexity index is 729. The molecule has 1 aromatic heterocycles. The number of rotatable bonds is 2. The van der Waals surface area contributed by atoms with E-state index in [-0.39, 0.29) is 0 Å². The Morgan fingerprint density at radius 3 is 2.58 bits per heavy atom. The van der Waals surface area contributed by atoms with Crippen LogP contribution in [0.15, 0.2) is 42.5 Å². The maximum absolute atomic E-state index is 13.1. The normalized spacial score (nSPS) is 11.5. The summed E-state index contributed by atoms with van der Waals surface area (Å²) in [7, 11) is 0. The standard InChI is InChI=1S/C15H9F2NS/c16-11-7-5-10(9-12(11)17)6-8-15-18-13-3-1-2-4-14(13)19-15/h1-9H/b8-6-. The lowest BCUT2D eigenvalue weighted by Gasteiger charge is -1.94. The number of para-hydroxylation sites is 1. The Hall–Kier alpha value is -2.07. The molecule has 0 fully saturated rings. The summed E-state index contributed by atoms with van der Waals surface area (Å²) in [6.07, 6.45) is 3.53. The van der Waals surface area contributed by atoms with Gasteiger partial charge in [0, 0.05) is 0 Å². The van der Waals surface area contributed by atoms with Gasteiger partial charge >= 0.3 is 0 Å². The van der Waals surface area contributed by atoms with Crippen LogP contribution >= 0.6 is 11.3 Å². The molecule has 0 atom stereocenters. The van der Waals surface area contributed by atoms with Gasteiger partial charge in [-0.15, -0.1) is 11.3 Å². The summed E-state index contributed by atoms with van der Waals surface area (Å²) in [5.41, 5.74) is 1.55. The lowest BCUT2D eigenvalue weighted by Crippen LogP contribution is -1.83. The van der Waals surface area contributed by atoms with Crippen molar-refractivity contribution in [2.75, 3.05) is 0 Å². The number of benzene rings is 2. The fourth-order valence-electron chi connectivity index (χ4n) is 1.74. The van der Waals surface area contributed by atoms with Crippen LogP contribution in [0.5, 0.6) is 0 Å². The number of fused-ring (bicyclic) bond motifs is 1. The predicted octanol–water partition coefficient (Wildman–Crippen LogP) is 4.74. The fourth-order valence-corrected chi connectivity index (χ4v) is 2.62. The van der Waals surface area contributed by atoms with Gasteiger partial charge in [-0.2, -0.15) is 0 Å². The lowest BCUT2D eigenvalue weighted by molar-refractivity contribution is 0.508. The number of halogens is 2. The molecule has 0 spiro atoms. The van der Waals surface area contributed by atoms with E-state index in [2.05, 4.69) is 4.98 Å². The SMILES string of the molecule is Fc1ccc(/C=C\c2nc3ccccc3s2)cc1F. The highest BCUT2D eigenvalue weighted by molar-refractivity contribution is 7.19. The molecule has 4 heteroatoms. The Balaban J connectivity index is 1.91. The van der Waals surface area contributed by atoms with Gasteiger partial charge in [-0.25, -0.2) is 13.8 Å². The van der Waals surface area contributed by atoms with E-state index in [4.69, 9.17) is 0 Å². The summed E-state index contributed by atoms with van der Waals surface area (Å²) in [4.78, 5) is 4.43. The third-order valence-electron chi connectivity index (χ3n) is 2.67. The lowest BCUT2D eigenvalue weighted by atomic mass is 10.2. The van der Waals surface area contributed by atoms with Crippen molar-refractivity contribution in [2.45, 2.75) is 0 Å². The van der Waals surface area contributed by atoms with E-state index in [9.17, 15) is 8.78 Å². The van der Waals surface area contributed by atoms with Gasteiger partial charge in [0.25, 0.3) is 0 Å². The van der Waals surface area contributed by atoms with Gasteiger partial charge < -0.3 is 0 Å². The third kappa shape index (κ3) is 2.53. The summed E-state index contributed by atoms with van der Waals surface area (Å²) in [6.45, 7) is 0. The average molecular weight is 273 g/mol. The molecule has 2 aromatic carbocycles. The van der Waals surface area contributed by atoms with Crippen molar-refractivity contribution >= 4 is 33.7 Å². The third-order valence-corrected chi connectivity index (χ3v) is 3.67. The van der Waals surface area contributed by atoms with Crippen molar-refractivity contribution in [3.63, 3.8) is 0 Å². The molecule has 3 rings (SSSR count). The van der Waals surface area contributed by atoms with Gasteiger partial charge in [0.1, 0.15) is 5.01 Å². The second-order valence-electron chi connectivity index (χ2n) is 4.03. The van der Waals surface area contributed by atoms with Gasteiger partial charge in [-0.1, -0.05) is 24.3 Å². The first kappa shape index (κ1) is 12.0. The molecule has 0 unspecified atom stereocenters. The van der Waals surface area contributed by atoms with Crippen LogP contribution in [-0.2, 0) is 0 Å². The summed E-state index contributed by atoms with van der Waals surface area (Å²) in [6, 6.07) is 11.7. The summed E-state index contributed by atoms with van der Waals surface area (Å²) in [5.74, 6) is -1.68. The second kappa shape index (κ2) is 4.90. The van der Waals surface area contributed by atoms with Crippen LogP contribution in [0.3, 0.4) is 0 Å². The predicted molar refractivity (Wildman–Crippen MR) is 74.9 cm³/mol. The Kier molecular flexibility index (Phi) is 3.09. The Morgan fingerprint density at radius 1 is 0.947 bits per heavy atom. The Morgan fingerprint density at radius 2 is 1.79 bits per heavy atom. The Labute approximate surface area is 112 Å². The van der Waals surface area contributed by atoms with Crippen molar-refractivity contribution in [3.05, 3.63) is 64.7 Å². The largest absolute Gasteiger partial charge is 0.237 e. The molecule has 0 amide bonds. The minimum Gasteiger partial charge on any atom is -0.237 e. The van der Waals surface area contributed by atoms with Crippen molar-refractivity contribution in [2.24, 2.45) is 0 Å². The number of thiazole rings is 1. The van der Waals surface area contributed by atoms with Crippen LogP contribution in [0.2, 0.25) is 0 Å². The molecule has 0 aliphatic heterocycles. The molecule has 0 N–H and O–H groups in total. The van der Waals surface area contributed by atoms with Crippen molar-refractivity contribution in [1.29, 1.82) is 0 Å². The first-order chi connectivity index (χ1) is 9.22. The highest BCUT2D eigenvalue weighted by Crippen LogP contribution is 2.23. The quantitative estimate of drug-likeness (QED) is 0.657. The van der Waals surface area contributed by atoms with Gasteiger partial charge in [0.05, 0.1) is 10.2 Å². The number of hydrogen-bond donors (Lipinski definition) is 0. The molecule has 0 bridgehead atoms. The van der Waals surface area contributed by atoms with Crippen molar-refractivity contribution < 1.29 is 8.78 Å². The van der Waals surface area contributed by atoms with E-state index in [1.54, 1.807) is 23.5 Å². The number of aromatic nitrogens is 1. The molecule has 0 saturated carbocycles. The molecule has 1 heterocycles. The van der Waals surface area contributed by atoms with E-state index in [1.807, 2.05) is 24.3 Å². The molecule has 3 aromatic rings. The van der Waals surface area contributed by atoms with Gasteiger partial charge in [0.2, 0.25) is 0 Å². The van der Waals surface area contributed by atoms with Crippen molar-refractivity contribution in [1.82, 2.24) is 4.98 Å². The molecule has 0 aliphatic carbocycles. The minimum absolute atomic E-state index is 0.609. The summed E-state index contributed by atoms with van der Waals surface area (Å²) in [5, 5.41) is 0.839. The maximum Gasteiger partial charge on any atom is 0.159 e. The topological polar surface area (TPSA) is 12.9 Å². The molecule has 19 heavy (non-hydrogen) atoms. The molecular weight excluding hydrogens is 264 g/mol.